The number of ether oxygens (including phenoxy) is 1. The second-order valence-electron chi connectivity index (χ2n) is 9.95. The molecule has 0 aromatic heterocycles. The average Bonchev–Trinajstić information content (AvgIpc) is 3.06. The monoisotopic (exact) mass is 501 g/mol. The van der Waals surface area contributed by atoms with Crippen LogP contribution in [0.3, 0.4) is 0 Å². The van der Waals surface area contributed by atoms with E-state index in [1.54, 1.807) is 29.2 Å². The van der Waals surface area contributed by atoms with Crippen molar-refractivity contribution in [3.63, 3.8) is 0 Å². The van der Waals surface area contributed by atoms with E-state index in [1.165, 1.54) is 0 Å². The van der Waals surface area contributed by atoms with E-state index in [0.717, 1.165) is 13.0 Å². The van der Waals surface area contributed by atoms with Crippen molar-refractivity contribution in [1.82, 2.24) is 25.8 Å². The SMILES string of the molecule is CC(C)C[C@@H]1NC(=O)C[C@@H](C(=O)N2CCCN(C)CC2)NC(=O)c2ccccc2OCCCNC1=O. The molecule has 0 spiro atoms. The van der Waals surface area contributed by atoms with E-state index in [9.17, 15) is 19.2 Å². The Morgan fingerprint density at radius 3 is 2.61 bits per heavy atom. The summed E-state index contributed by atoms with van der Waals surface area (Å²) in [4.78, 5) is 56.5. The third kappa shape index (κ3) is 7.94. The van der Waals surface area contributed by atoms with Gasteiger partial charge < -0.3 is 30.5 Å². The predicted octanol–water partition coefficient (Wildman–Crippen LogP) is 0.769. The number of rotatable bonds is 3. The molecule has 2 aliphatic heterocycles. The summed E-state index contributed by atoms with van der Waals surface area (Å²) in [5.74, 6) is -0.948. The van der Waals surface area contributed by atoms with Crippen LogP contribution in [-0.4, -0.2) is 91.9 Å². The molecule has 1 aromatic carbocycles. The molecular weight excluding hydrogens is 462 g/mol. The lowest BCUT2D eigenvalue weighted by Crippen LogP contribution is -2.53. The smallest absolute Gasteiger partial charge is 0.255 e. The number of amides is 4. The second kappa shape index (κ2) is 13.2. The molecule has 0 saturated carbocycles. The summed E-state index contributed by atoms with van der Waals surface area (Å²) in [6, 6.07) is 5.02. The molecule has 10 nitrogen and oxygen atoms in total. The van der Waals surface area contributed by atoms with Gasteiger partial charge in [-0.2, -0.15) is 0 Å². The van der Waals surface area contributed by atoms with Crippen LogP contribution in [0.2, 0.25) is 0 Å². The molecule has 2 aliphatic rings. The van der Waals surface area contributed by atoms with E-state index < -0.39 is 23.9 Å². The Labute approximate surface area is 213 Å². The lowest BCUT2D eigenvalue weighted by Gasteiger charge is -2.27. The molecule has 2 heterocycles. The molecule has 3 N–H and O–H groups in total. The molecule has 0 unspecified atom stereocenters. The average molecular weight is 502 g/mol. The van der Waals surface area contributed by atoms with Crippen molar-refractivity contribution < 1.29 is 23.9 Å². The molecule has 1 fully saturated rings. The van der Waals surface area contributed by atoms with Gasteiger partial charge in [0.15, 0.2) is 0 Å². The van der Waals surface area contributed by atoms with Crippen molar-refractivity contribution in [2.24, 2.45) is 5.92 Å². The number of hydrogen-bond donors (Lipinski definition) is 3. The number of benzene rings is 1. The first-order valence-corrected chi connectivity index (χ1v) is 12.8. The predicted molar refractivity (Wildman–Crippen MR) is 136 cm³/mol. The third-order valence-corrected chi connectivity index (χ3v) is 6.39. The normalized spacial score (nSPS) is 23.2. The van der Waals surface area contributed by atoms with E-state index in [0.29, 0.717) is 56.9 Å². The van der Waals surface area contributed by atoms with Crippen LogP contribution < -0.4 is 20.7 Å². The number of likely N-dealkylation sites (N-methyl/N-ethyl adjacent to an activating group) is 1. The Morgan fingerprint density at radius 2 is 1.83 bits per heavy atom. The zero-order valence-electron chi connectivity index (χ0n) is 21.5. The van der Waals surface area contributed by atoms with Crippen LogP contribution in [0.1, 0.15) is 49.9 Å². The van der Waals surface area contributed by atoms with Gasteiger partial charge in [0.2, 0.25) is 17.7 Å². The van der Waals surface area contributed by atoms with Gasteiger partial charge in [-0.15, -0.1) is 0 Å². The Balaban J connectivity index is 1.87. The van der Waals surface area contributed by atoms with Gasteiger partial charge in [0.1, 0.15) is 17.8 Å². The summed E-state index contributed by atoms with van der Waals surface area (Å²) >= 11 is 0. The maximum Gasteiger partial charge on any atom is 0.255 e. The quantitative estimate of drug-likeness (QED) is 0.563. The molecule has 0 bridgehead atoms. The summed E-state index contributed by atoms with van der Waals surface area (Å²) in [6.45, 7) is 7.28. The number of fused-ring (bicyclic) bond motifs is 1. The van der Waals surface area contributed by atoms with Crippen LogP contribution >= 0.6 is 0 Å². The summed E-state index contributed by atoms with van der Waals surface area (Å²) < 4.78 is 5.83. The lowest BCUT2D eigenvalue weighted by atomic mass is 10.0. The molecule has 198 valence electrons. The van der Waals surface area contributed by atoms with Gasteiger partial charge in [-0.1, -0.05) is 26.0 Å². The van der Waals surface area contributed by atoms with Gasteiger partial charge in [-0.3, -0.25) is 19.2 Å². The zero-order valence-corrected chi connectivity index (χ0v) is 21.5. The summed E-state index contributed by atoms with van der Waals surface area (Å²) in [7, 11) is 2.00. The van der Waals surface area contributed by atoms with Crippen LogP contribution in [0.4, 0.5) is 0 Å². The highest BCUT2D eigenvalue weighted by molar-refractivity contribution is 6.01. The minimum absolute atomic E-state index is 0.173. The van der Waals surface area contributed by atoms with Gasteiger partial charge >= 0.3 is 0 Å². The highest BCUT2D eigenvalue weighted by Crippen LogP contribution is 2.19. The first-order chi connectivity index (χ1) is 17.2. The van der Waals surface area contributed by atoms with Crippen molar-refractivity contribution in [1.29, 1.82) is 0 Å². The number of hydrogen-bond acceptors (Lipinski definition) is 6. The minimum Gasteiger partial charge on any atom is -0.493 e. The van der Waals surface area contributed by atoms with Gasteiger partial charge in [0.25, 0.3) is 5.91 Å². The van der Waals surface area contributed by atoms with Crippen LogP contribution in [0.5, 0.6) is 5.75 Å². The Bertz CT molecular complexity index is 937. The maximum absolute atomic E-state index is 13.5. The van der Waals surface area contributed by atoms with Gasteiger partial charge in [-0.05, 0) is 50.9 Å². The highest BCUT2D eigenvalue weighted by Gasteiger charge is 2.32. The molecule has 1 saturated heterocycles. The van der Waals surface area contributed by atoms with Crippen LogP contribution in [0.25, 0.3) is 0 Å². The van der Waals surface area contributed by atoms with E-state index in [1.807, 2.05) is 20.9 Å². The summed E-state index contributed by atoms with van der Waals surface area (Å²) in [5.41, 5.74) is 0.294. The summed E-state index contributed by atoms with van der Waals surface area (Å²) in [5, 5.41) is 8.44. The second-order valence-corrected chi connectivity index (χ2v) is 9.95. The lowest BCUT2D eigenvalue weighted by molar-refractivity contribution is -0.136. The molecule has 2 atom stereocenters. The minimum atomic E-state index is -1.07. The van der Waals surface area contributed by atoms with Crippen LogP contribution in [0.15, 0.2) is 24.3 Å². The topological polar surface area (TPSA) is 120 Å². The van der Waals surface area contributed by atoms with Gasteiger partial charge in [0.05, 0.1) is 18.6 Å². The first-order valence-electron chi connectivity index (χ1n) is 12.8. The van der Waals surface area contributed by atoms with Gasteiger partial charge in [-0.25, -0.2) is 0 Å². The van der Waals surface area contributed by atoms with Crippen molar-refractivity contribution in [3.05, 3.63) is 29.8 Å². The molecule has 36 heavy (non-hydrogen) atoms. The number of nitrogens with zero attached hydrogens (tertiary/aromatic N) is 2. The first kappa shape index (κ1) is 27.4. The summed E-state index contributed by atoms with van der Waals surface area (Å²) in [6.07, 6.45) is 1.54. The van der Waals surface area contributed by atoms with Crippen molar-refractivity contribution in [2.75, 3.05) is 46.4 Å². The fourth-order valence-corrected chi connectivity index (χ4v) is 4.43. The van der Waals surface area contributed by atoms with Gasteiger partial charge in [0, 0.05) is 26.2 Å². The van der Waals surface area contributed by atoms with Crippen molar-refractivity contribution in [3.8, 4) is 5.75 Å². The molecule has 1 aromatic rings. The largest absolute Gasteiger partial charge is 0.493 e. The van der Waals surface area contributed by atoms with Crippen LogP contribution in [-0.2, 0) is 14.4 Å². The number of para-hydroxylation sites is 1. The van der Waals surface area contributed by atoms with E-state index >= 15 is 0 Å². The van der Waals surface area contributed by atoms with E-state index in [2.05, 4.69) is 20.9 Å². The molecule has 4 amide bonds. The Morgan fingerprint density at radius 1 is 1.06 bits per heavy atom. The van der Waals surface area contributed by atoms with Crippen molar-refractivity contribution >= 4 is 23.6 Å². The van der Waals surface area contributed by atoms with E-state index in [-0.39, 0.29) is 24.2 Å². The fraction of sp³-hybridized carbons (Fsp3) is 0.615. The molecule has 0 radical (unpaired) electrons. The number of carbonyl (C=O) groups is 4. The Hall–Kier alpha value is -3.14. The number of nitrogens with one attached hydrogen (secondary N) is 3. The number of carbonyl (C=O) groups excluding carboxylic acids is 4. The van der Waals surface area contributed by atoms with Crippen molar-refractivity contribution in [2.45, 2.75) is 51.6 Å². The van der Waals surface area contributed by atoms with Crippen LogP contribution in [0, 0.1) is 5.92 Å². The van der Waals surface area contributed by atoms with E-state index in [4.69, 9.17) is 4.74 Å². The molecule has 0 aliphatic carbocycles. The Kier molecular flexibility index (Phi) is 10.1. The molecule has 3 rings (SSSR count). The molecule has 10 heteroatoms. The maximum atomic E-state index is 13.5. The standard InChI is InChI=1S/C26H39N5O5/c1-18(2)16-20-25(34)27-10-6-15-36-22-9-5-4-8-19(22)24(33)29-21(17-23(32)28-20)26(35)31-12-7-11-30(3)13-14-31/h4-5,8-9,18,20-21H,6-7,10-17H2,1-3H3,(H,27,34)(H,28,32)(H,29,33)/t20-,21-/m0/s1. The third-order valence-electron chi connectivity index (χ3n) is 6.39. The highest BCUT2D eigenvalue weighted by atomic mass is 16.5. The zero-order chi connectivity index (χ0) is 26.1. The molecular formula is C26H39N5O5. The fourth-order valence-electron chi connectivity index (χ4n) is 4.43.